The SMILES string of the molecule is CNC(=O)c1cc(S(=O)(=O)NCC(O)C(F)F)cn1C. The molecule has 0 aliphatic heterocycles. The number of aromatic nitrogens is 1. The topological polar surface area (TPSA) is 100 Å². The molecule has 0 aromatic carbocycles. The van der Waals surface area contributed by atoms with Crippen LogP contribution in [0.4, 0.5) is 8.78 Å². The predicted octanol–water partition coefficient (Wildman–Crippen LogP) is -0.711. The standard InChI is InChI=1S/C10H15F2N3O4S/c1-13-10(17)7-3-6(5-15(7)2)20(18,19)14-4-8(16)9(11)12/h3,5,8-9,14,16H,4H2,1-2H3,(H,13,17). The molecule has 0 aliphatic rings. The van der Waals surface area contributed by atoms with E-state index in [1.54, 1.807) is 0 Å². The molecule has 10 heteroatoms. The molecule has 0 aliphatic carbocycles. The normalized spacial score (nSPS) is 13.5. The van der Waals surface area contributed by atoms with Crippen molar-refractivity contribution in [1.29, 1.82) is 0 Å². The summed E-state index contributed by atoms with van der Waals surface area (Å²) in [6, 6.07) is 1.11. The Balaban J connectivity index is 2.91. The fraction of sp³-hybridized carbons (Fsp3) is 0.500. The Labute approximate surface area is 114 Å². The number of hydrogen-bond acceptors (Lipinski definition) is 4. The molecule has 1 atom stereocenters. The third-order valence-electron chi connectivity index (χ3n) is 2.52. The first-order valence-corrected chi connectivity index (χ1v) is 7.01. The first-order valence-electron chi connectivity index (χ1n) is 5.53. The van der Waals surface area contributed by atoms with Gasteiger partial charge in [-0.1, -0.05) is 0 Å². The fourth-order valence-corrected chi connectivity index (χ4v) is 2.52. The number of hydrogen-bond donors (Lipinski definition) is 3. The van der Waals surface area contributed by atoms with E-state index in [1.165, 1.54) is 24.9 Å². The van der Waals surface area contributed by atoms with E-state index in [4.69, 9.17) is 5.11 Å². The van der Waals surface area contributed by atoms with Crippen molar-refractivity contribution in [3.05, 3.63) is 18.0 Å². The summed E-state index contributed by atoms with van der Waals surface area (Å²) in [5, 5.41) is 11.2. The molecule has 1 rings (SSSR count). The van der Waals surface area contributed by atoms with Gasteiger partial charge in [-0.2, -0.15) is 0 Å². The maximum absolute atomic E-state index is 12.1. The van der Waals surface area contributed by atoms with E-state index in [0.717, 1.165) is 6.07 Å². The molecule has 0 spiro atoms. The number of nitrogens with zero attached hydrogens (tertiary/aromatic N) is 1. The van der Waals surface area contributed by atoms with Crippen LogP contribution >= 0.6 is 0 Å². The van der Waals surface area contributed by atoms with E-state index < -0.39 is 35.0 Å². The summed E-state index contributed by atoms with van der Waals surface area (Å²) in [5.41, 5.74) is 0.0993. The number of alkyl halides is 2. The molecule has 20 heavy (non-hydrogen) atoms. The molecule has 7 nitrogen and oxygen atoms in total. The zero-order valence-corrected chi connectivity index (χ0v) is 11.6. The largest absolute Gasteiger partial charge is 0.386 e. The van der Waals surface area contributed by atoms with Crippen molar-refractivity contribution in [3.63, 3.8) is 0 Å². The summed E-state index contributed by atoms with van der Waals surface area (Å²) >= 11 is 0. The summed E-state index contributed by atoms with van der Waals surface area (Å²) in [6.07, 6.45) is -3.97. The third kappa shape index (κ3) is 3.74. The van der Waals surface area contributed by atoms with Gasteiger partial charge in [0.1, 0.15) is 16.7 Å². The smallest absolute Gasteiger partial charge is 0.267 e. The lowest BCUT2D eigenvalue weighted by atomic mass is 10.4. The summed E-state index contributed by atoms with van der Waals surface area (Å²) in [6.45, 7) is -0.815. The van der Waals surface area contributed by atoms with Gasteiger partial charge in [-0.3, -0.25) is 4.79 Å². The lowest BCUT2D eigenvalue weighted by Crippen LogP contribution is -2.35. The zero-order valence-electron chi connectivity index (χ0n) is 10.8. The summed E-state index contributed by atoms with van der Waals surface area (Å²) in [7, 11) is -1.22. The highest BCUT2D eigenvalue weighted by Gasteiger charge is 2.23. The molecular weight excluding hydrogens is 296 g/mol. The van der Waals surface area contributed by atoms with E-state index in [9.17, 15) is 22.0 Å². The van der Waals surface area contributed by atoms with Crippen molar-refractivity contribution in [2.24, 2.45) is 7.05 Å². The zero-order chi connectivity index (χ0) is 15.5. The number of nitrogens with one attached hydrogen (secondary N) is 2. The predicted molar refractivity (Wildman–Crippen MR) is 66.0 cm³/mol. The van der Waals surface area contributed by atoms with Crippen molar-refractivity contribution >= 4 is 15.9 Å². The molecule has 0 fully saturated rings. The van der Waals surface area contributed by atoms with Gasteiger partial charge in [0.25, 0.3) is 12.3 Å². The van der Waals surface area contributed by atoms with E-state index in [1.807, 2.05) is 4.72 Å². The number of rotatable bonds is 6. The Morgan fingerprint density at radius 2 is 2.10 bits per heavy atom. The van der Waals surface area contributed by atoms with Crippen molar-refractivity contribution in [2.45, 2.75) is 17.4 Å². The second kappa shape index (κ2) is 6.29. The van der Waals surface area contributed by atoms with Gasteiger partial charge in [0.15, 0.2) is 0 Å². The number of carbonyl (C=O) groups excluding carboxylic acids is 1. The van der Waals surface area contributed by atoms with E-state index in [-0.39, 0.29) is 10.6 Å². The number of carbonyl (C=O) groups is 1. The molecule has 1 aromatic heterocycles. The van der Waals surface area contributed by atoms with Crippen molar-refractivity contribution in [1.82, 2.24) is 14.6 Å². The molecule has 1 unspecified atom stereocenters. The molecular formula is C10H15F2N3O4S. The van der Waals surface area contributed by atoms with Crippen LogP contribution in [0.1, 0.15) is 10.5 Å². The number of aliphatic hydroxyl groups excluding tert-OH is 1. The Kier molecular flexibility index (Phi) is 5.20. The minimum Gasteiger partial charge on any atom is -0.386 e. The van der Waals surface area contributed by atoms with Gasteiger partial charge in [-0.15, -0.1) is 0 Å². The van der Waals surface area contributed by atoms with E-state index >= 15 is 0 Å². The van der Waals surface area contributed by atoms with Crippen LogP contribution in [0.3, 0.4) is 0 Å². The minimum atomic E-state index is -4.08. The highest BCUT2D eigenvalue weighted by molar-refractivity contribution is 7.89. The molecule has 3 N–H and O–H groups in total. The van der Waals surface area contributed by atoms with Gasteiger partial charge < -0.3 is 15.0 Å². The number of halogens is 2. The molecule has 0 radical (unpaired) electrons. The van der Waals surface area contributed by atoms with Gasteiger partial charge in [-0.25, -0.2) is 21.9 Å². The lowest BCUT2D eigenvalue weighted by molar-refractivity contribution is -0.000451. The molecule has 1 aromatic rings. The summed E-state index contributed by atoms with van der Waals surface area (Å²) < 4.78 is 51.0. The van der Waals surface area contributed by atoms with Crippen molar-refractivity contribution in [3.8, 4) is 0 Å². The van der Waals surface area contributed by atoms with Crippen LogP contribution in [0.2, 0.25) is 0 Å². The second-order valence-electron chi connectivity index (χ2n) is 4.00. The molecule has 0 saturated heterocycles. The maximum Gasteiger partial charge on any atom is 0.267 e. The lowest BCUT2D eigenvalue weighted by Gasteiger charge is -2.10. The van der Waals surface area contributed by atoms with Gasteiger partial charge >= 0.3 is 0 Å². The van der Waals surface area contributed by atoms with Crippen LogP contribution in [0.5, 0.6) is 0 Å². The van der Waals surface area contributed by atoms with Crippen LogP contribution in [0.25, 0.3) is 0 Å². The highest BCUT2D eigenvalue weighted by atomic mass is 32.2. The van der Waals surface area contributed by atoms with Crippen LogP contribution in [-0.4, -0.2) is 50.1 Å². The Morgan fingerprint density at radius 1 is 1.50 bits per heavy atom. The third-order valence-corrected chi connectivity index (χ3v) is 3.91. The van der Waals surface area contributed by atoms with Gasteiger partial charge in [-0.05, 0) is 6.07 Å². The monoisotopic (exact) mass is 311 g/mol. The Hall–Kier alpha value is -1.52. The first-order chi connectivity index (χ1) is 9.19. The number of amides is 1. The molecule has 0 bridgehead atoms. The van der Waals surface area contributed by atoms with Gasteiger partial charge in [0.2, 0.25) is 10.0 Å². The maximum atomic E-state index is 12.1. The molecule has 114 valence electrons. The number of sulfonamides is 1. The molecule has 1 amide bonds. The van der Waals surface area contributed by atoms with Crippen molar-refractivity contribution < 1.29 is 27.1 Å². The summed E-state index contributed by atoms with van der Waals surface area (Å²) in [5.74, 6) is -0.485. The van der Waals surface area contributed by atoms with Crippen molar-refractivity contribution in [2.75, 3.05) is 13.6 Å². The van der Waals surface area contributed by atoms with Crippen LogP contribution in [0, 0.1) is 0 Å². The average molecular weight is 311 g/mol. The number of aliphatic hydroxyl groups is 1. The Bertz CT molecular complexity index is 585. The van der Waals surface area contributed by atoms with Crippen LogP contribution < -0.4 is 10.0 Å². The summed E-state index contributed by atoms with van der Waals surface area (Å²) in [4.78, 5) is 11.2. The van der Waals surface area contributed by atoms with Gasteiger partial charge in [0, 0.05) is 26.8 Å². The average Bonchev–Trinajstić information content (AvgIpc) is 2.77. The highest BCUT2D eigenvalue weighted by Crippen LogP contribution is 2.13. The molecule has 1 heterocycles. The van der Waals surface area contributed by atoms with Gasteiger partial charge in [0.05, 0.1) is 0 Å². The minimum absolute atomic E-state index is 0.0993. The van der Waals surface area contributed by atoms with E-state index in [0.29, 0.717) is 0 Å². The van der Waals surface area contributed by atoms with Crippen LogP contribution in [0.15, 0.2) is 17.2 Å². The Morgan fingerprint density at radius 3 is 2.60 bits per heavy atom. The van der Waals surface area contributed by atoms with Crippen LogP contribution in [-0.2, 0) is 17.1 Å². The fourth-order valence-electron chi connectivity index (χ4n) is 1.40. The second-order valence-corrected chi connectivity index (χ2v) is 5.77. The molecule has 0 saturated carbocycles. The first kappa shape index (κ1) is 16.5. The number of aryl methyl sites for hydroxylation is 1. The van der Waals surface area contributed by atoms with E-state index in [2.05, 4.69) is 5.32 Å². The quantitative estimate of drug-likeness (QED) is 0.646.